The van der Waals surface area contributed by atoms with Crippen LogP contribution in [-0.2, 0) is 9.53 Å². The van der Waals surface area contributed by atoms with E-state index >= 15 is 0 Å². The molecular weight excluding hydrogens is 250 g/mol. The van der Waals surface area contributed by atoms with Crippen LogP contribution in [0.3, 0.4) is 0 Å². The maximum atomic E-state index is 12.1. The summed E-state index contributed by atoms with van der Waals surface area (Å²) >= 11 is 5.84. The fraction of sp³-hybridized carbons (Fsp3) is 0.500. The summed E-state index contributed by atoms with van der Waals surface area (Å²) in [4.78, 5) is 12.1. The van der Waals surface area contributed by atoms with E-state index in [4.69, 9.17) is 16.3 Å². The number of ether oxygens (including phenoxy) is 1. The highest BCUT2D eigenvalue weighted by Gasteiger charge is 2.25. The Labute approximate surface area is 113 Å². The van der Waals surface area contributed by atoms with Gasteiger partial charge in [0, 0.05) is 5.02 Å². The fourth-order valence-corrected chi connectivity index (χ4v) is 1.68. The zero-order valence-electron chi connectivity index (χ0n) is 11.3. The topological polar surface area (TPSA) is 38.3 Å². The Hall–Kier alpha value is -1.06. The molecule has 0 heterocycles. The van der Waals surface area contributed by atoms with Crippen LogP contribution in [0.2, 0.25) is 5.02 Å². The van der Waals surface area contributed by atoms with Gasteiger partial charge in [-0.1, -0.05) is 30.7 Å². The third-order valence-electron chi connectivity index (χ3n) is 2.25. The van der Waals surface area contributed by atoms with E-state index < -0.39 is 11.6 Å². The Morgan fingerprint density at radius 2 is 1.89 bits per heavy atom. The number of hydrogen-bond donors (Lipinski definition) is 1. The summed E-state index contributed by atoms with van der Waals surface area (Å²) in [5.74, 6) is -0.272. The average molecular weight is 270 g/mol. The monoisotopic (exact) mass is 269 g/mol. The Kier molecular flexibility index (Phi) is 5.17. The first-order valence-electron chi connectivity index (χ1n) is 6.05. The van der Waals surface area contributed by atoms with Crippen molar-refractivity contribution in [2.24, 2.45) is 0 Å². The highest BCUT2D eigenvalue weighted by atomic mass is 35.5. The van der Waals surface area contributed by atoms with Gasteiger partial charge in [-0.3, -0.25) is 0 Å². The second-order valence-corrected chi connectivity index (χ2v) is 5.51. The van der Waals surface area contributed by atoms with Gasteiger partial charge in [-0.2, -0.15) is 0 Å². The second-order valence-electron chi connectivity index (χ2n) is 5.08. The first-order chi connectivity index (χ1) is 8.33. The number of benzene rings is 1. The molecule has 0 spiro atoms. The molecule has 1 unspecified atom stereocenters. The molecule has 100 valence electrons. The molecule has 0 saturated carbocycles. The van der Waals surface area contributed by atoms with Crippen LogP contribution in [0.5, 0.6) is 0 Å². The van der Waals surface area contributed by atoms with Gasteiger partial charge in [0.15, 0.2) is 0 Å². The van der Waals surface area contributed by atoms with Gasteiger partial charge in [-0.25, -0.2) is 4.79 Å². The van der Waals surface area contributed by atoms with E-state index in [1.807, 2.05) is 39.8 Å². The maximum absolute atomic E-state index is 12.1. The third kappa shape index (κ3) is 4.67. The van der Waals surface area contributed by atoms with Gasteiger partial charge >= 0.3 is 5.97 Å². The highest BCUT2D eigenvalue weighted by molar-refractivity contribution is 6.30. The van der Waals surface area contributed by atoms with E-state index in [0.29, 0.717) is 11.6 Å². The number of carbonyl (C=O) groups is 1. The van der Waals surface area contributed by atoms with E-state index in [0.717, 1.165) is 5.56 Å². The lowest BCUT2D eigenvalue weighted by atomic mass is 10.1. The lowest BCUT2D eigenvalue weighted by Gasteiger charge is -2.24. The molecule has 0 aliphatic heterocycles. The van der Waals surface area contributed by atoms with Crippen LogP contribution in [0.1, 0.15) is 39.3 Å². The van der Waals surface area contributed by atoms with Crippen LogP contribution in [0.25, 0.3) is 0 Å². The quantitative estimate of drug-likeness (QED) is 0.852. The number of nitrogens with one attached hydrogen (secondary N) is 1. The Balaban J connectivity index is 2.88. The summed E-state index contributed by atoms with van der Waals surface area (Å²) in [6, 6.07) is 6.75. The van der Waals surface area contributed by atoms with Crippen LogP contribution in [-0.4, -0.2) is 18.1 Å². The summed E-state index contributed by atoms with van der Waals surface area (Å²) in [5.41, 5.74) is 0.368. The number of esters is 1. The lowest BCUT2D eigenvalue weighted by molar-refractivity contribution is -0.157. The SMILES string of the molecule is CCNC(C(=O)OC(C)(C)C)c1ccc(Cl)cc1. The summed E-state index contributed by atoms with van der Waals surface area (Å²) in [5, 5.41) is 3.77. The largest absolute Gasteiger partial charge is 0.459 e. The van der Waals surface area contributed by atoms with Gasteiger partial charge in [0.25, 0.3) is 0 Å². The normalized spacial score (nSPS) is 13.2. The van der Waals surface area contributed by atoms with Crippen LogP contribution in [0.4, 0.5) is 0 Å². The molecule has 1 N–H and O–H groups in total. The second kappa shape index (κ2) is 6.21. The van der Waals surface area contributed by atoms with Crippen molar-refractivity contribution < 1.29 is 9.53 Å². The predicted molar refractivity (Wildman–Crippen MR) is 73.7 cm³/mol. The molecule has 0 aliphatic rings. The number of likely N-dealkylation sites (N-methyl/N-ethyl adjacent to an activating group) is 1. The molecule has 0 bridgehead atoms. The van der Waals surface area contributed by atoms with Crippen LogP contribution < -0.4 is 5.32 Å². The molecule has 0 radical (unpaired) electrons. The summed E-state index contributed by atoms with van der Waals surface area (Å²) < 4.78 is 5.40. The molecule has 1 rings (SSSR count). The molecule has 4 heteroatoms. The Morgan fingerprint density at radius 3 is 2.33 bits per heavy atom. The van der Waals surface area contributed by atoms with Crippen molar-refractivity contribution in [2.45, 2.75) is 39.3 Å². The molecule has 0 amide bonds. The van der Waals surface area contributed by atoms with Crippen LogP contribution in [0, 0.1) is 0 Å². The number of halogens is 1. The first-order valence-corrected chi connectivity index (χ1v) is 6.43. The van der Waals surface area contributed by atoms with Crippen molar-refractivity contribution in [3.05, 3.63) is 34.9 Å². The molecule has 18 heavy (non-hydrogen) atoms. The standard InChI is InChI=1S/C14H20ClNO2/c1-5-16-12(13(17)18-14(2,3)4)10-6-8-11(15)9-7-10/h6-9,12,16H,5H2,1-4H3. The molecule has 3 nitrogen and oxygen atoms in total. The van der Waals surface area contributed by atoms with Gasteiger partial charge in [0.05, 0.1) is 0 Å². The third-order valence-corrected chi connectivity index (χ3v) is 2.51. The molecular formula is C14H20ClNO2. The van der Waals surface area contributed by atoms with Crippen molar-refractivity contribution in [3.8, 4) is 0 Å². The van der Waals surface area contributed by atoms with E-state index in [-0.39, 0.29) is 5.97 Å². The van der Waals surface area contributed by atoms with Crippen molar-refractivity contribution in [1.29, 1.82) is 0 Å². The van der Waals surface area contributed by atoms with Gasteiger partial charge < -0.3 is 10.1 Å². The molecule has 0 aromatic heterocycles. The molecule has 1 atom stereocenters. The average Bonchev–Trinajstić information content (AvgIpc) is 2.25. The fourth-order valence-electron chi connectivity index (χ4n) is 1.56. The maximum Gasteiger partial charge on any atom is 0.328 e. The summed E-state index contributed by atoms with van der Waals surface area (Å²) in [7, 11) is 0. The number of rotatable bonds is 4. The van der Waals surface area contributed by atoms with E-state index in [2.05, 4.69) is 5.32 Å². The van der Waals surface area contributed by atoms with Gasteiger partial charge in [0.1, 0.15) is 11.6 Å². The lowest BCUT2D eigenvalue weighted by Crippen LogP contribution is -2.34. The highest BCUT2D eigenvalue weighted by Crippen LogP contribution is 2.20. The smallest absolute Gasteiger partial charge is 0.328 e. The molecule has 0 fully saturated rings. The van der Waals surface area contributed by atoms with Gasteiger partial charge in [-0.05, 0) is 45.0 Å². The van der Waals surface area contributed by atoms with Crippen molar-refractivity contribution in [3.63, 3.8) is 0 Å². The van der Waals surface area contributed by atoms with Crippen molar-refractivity contribution in [2.75, 3.05) is 6.54 Å². The first kappa shape index (κ1) is 15.0. The Bertz CT molecular complexity index is 395. The minimum Gasteiger partial charge on any atom is -0.459 e. The van der Waals surface area contributed by atoms with Crippen molar-refractivity contribution >= 4 is 17.6 Å². The zero-order valence-corrected chi connectivity index (χ0v) is 12.0. The van der Waals surface area contributed by atoms with Gasteiger partial charge in [-0.15, -0.1) is 0 Å². The Morgan fingerprint density at radius 1 is 1.33 bits per heavy atom. The minimum absolute atomic E-state index is 0.272. The van der Waals surface area contributed by atoms with E-state index in [9.17, 15) is 4.79 Å². The molecule has 1 aromatic rings. The molecule has 0 saturated heterocycles. The number of hydrogen-bond acceptors (Lipinski definition) is 3. The zero-order chi connectivity index (χ0) is 13.8. The van der Waals surface area contributed by atoms with E-state index in [1.54, 1.807) is 12.1 Å². The van der Waals surface area contributed by atoms with E-state index in [1.165, 1.54) is 0 Å². The van der Waals surface area contributed by atoms with Crippen molar-refractivity contribution in [1.82, 2.24) is 5.32 Å². The minimum atomic E-state index is -0.489. The van der Waals surface area contributed by atoms with Crippen LogP contribution >= 0.6 is 11.6 Å². The van der Waals surface area contributed by atoms with Crippen LogP contribution in [0.15, 0.2) is 24.3 Å². The van der Waals surface area contributed by atoms with Gasteiger partial charge in [0.2, 0.25) is 0 Å². The molecule has 0 aliphatic carbocycles. The summed E-state index contributed by atoms with van der Waals surface area (Å²) in [6.45, 7) is 8.21. The predicted octanol–water partition coefficient (Wildman–Crippen LogP) is 3.33. The number of carbonyl (C=O) groups excluding carboxylic acids is 1. The summed E-state index contributed by atoms with van der Waals surface area (Å²) in [6.07, 6.45) is 0. The molecule has 1 aromatic carbocycles.